The Bertz CT molecular complexity index is 524. The van der Waals surface area contributed by atoms with Crippen molar-refractivity contribution in [3.8, 4) is 0 Å². The van der Waals surface area contributed by atoms with Gasteiger partial charge in [0.2, 0.25) is 10.0 Å². The molecule has 4 nitrogen and oxygen atoms in total. The molecule has 1 atom stereocenters. The van der Waals surface area contributed by atoms with Crippen LogP contribution in [-0.4, -0.2) is 21.5 Å². The molecule has 0 amide bonds. The second kappa shape index (κ2) is 8.88. The third-order valence-corrected chi connectivity index (χ3v) is 6.31. The zero-order valence-electron chi connectivity index (χ0n) is 13.5. The molecule has 122 valence electrons. The van der Waals surface area contributed by atoms with Gasteiger partial charge in [-0.3, -0.25) is 0 Å². The fourth-order valence-corrected chi connectivity index (χ4v) is 5.24. The smallest absolute Gasteiger partial charge is 0.241 e. The normalized spacial score (nSPS) is 13.5. The topological polar surface area (TPSA) is 58.2 Å². The van der Waals surface area contributed by atoms with Crippen LogP contribution in [0.25, 0.3) is 0 Å². The van der Waals surface area contributed by atoms with Crippen LogP contribution in [0.4, 0.5) is 0 Å². The van der Waals surface area contributed by atoms with Crippen LogP contribution in [0.2, 0.25) is 0 Å². The second-order valence-electron chi connectivity index (χ2n) is 5.54. The highest BCUT2D eigenvalue weighted by atomic mass is 32.2. The summed E-state index contributed by atoms with van der Waals surface area (Å²) in [4.78, 5) is 2.33. The highest BCUT2D eigenvalue weighted by Crippen LogP contribution is 2.26. The van der Waals surface area contributed by atoms with E-state index < -0.39 is 10.0 Å². The molecule has 2 N–H and O–H groups in total. The Labute approximate surface area is 133 Å². The number of aryl methyl sites for hydroxylation is 1. The number of sulfonamides is 1. The van der Waals surface area contributed by atoms with E-state index in [1.54, 1.807) is 6.07 Å². The fourth-order valence-electron chi connectivity index (χ4n) is 2.32. The fraction of sp³-hybridized carbons (Fsp3) is 0.733. The van der Waals surface area contributed by atoms with Gasteiger partial charge >= 0.3 is 0 Å². The molecule has 0 fully saturated rings. The zero-order valence-corrected chi connectivity index (χ0v) is 15.2. The monoisotopic (exact) mass is 332 g/mol. The van der Waals surface area contributed by atoms with Gasteiger partial charge in [0.25, 0.3) is 0 Å². The predicted octanol–water partition coefficient (Wildman–Crippen LogP) is 3.41. The van der Waals surface area contributed by atoms with Gasteiger partial charge in [0.1, 0.15) is 0 Å². The van der Waals surface area contributed by atoms with Gasteiger partial charge in [-0.1, -0.05) is 32.6 Å². The Balaban J connectivity index is 2.64. The Hall–Kier alpha value is -0.430. The van der Waals surface area contributed by atoms with E-state index in [0.717, 1.165) is 22.6 Å². The Kier molecular flexibility index (Phi) is 7.87. The second-order valence-corrected chi connectivity index (χ2v) is 8.56. The van der Waals surface area contributed by atoms with Crippen molar-refractivity contribution in [2.24, 2.45) is 0 Å². The number of nitrogens with one attached hydrogen (secondary N) is 2. The summed E-state index contributed by atoms with van der Waals surface area (Å²) in [7, 11) is -1.54. The summed E-state index contributed by atoms with van der Waals surface area (Å²) in [6, 6.07) is 1.77. The molecule has 1 aromatic heterocycles. The van der Waals surface area contributed by atoms with E-state index in [-0.39, 0.29) is 6.04 Å². The molecule has 1 unspecified atom stereocenters. The van der Waals surface area contributed by atoms with Gasteiger partial charge in [0, 0.05) is 22.3 Å². The standard InChI is InChI=1S/C15H28N2O2S2/c1-5-6-7-8-9-12(2)17-21(18,19)15-10-14(11-16-4)20-13(15)3/h10,12,16-17H,5-9,11H2,1-4H3. The summed E-state index contributed by atoms with van der Waals surface area (Å²) in [6.45, 7) is 6.69. The van der Waals surface area contributed by atoms with Gasteiger partial charge in [-0.05, 0) is 33.4 Å². The summed E-state index contributed by atoms with van der Waals surface area (Å²) in [6.07, 6.45) is 5.56. The van der Waals surface area contributed by atoms with Crippen LogP contribution >= 0.6 is 11.3 Å². The minimum Gasteiger partial charge on any atom is -0.315 e. The third kappa shape index (κ3) is 6.06. The van der Waals surface area contributed by atoms with Gasteiger partial charge in [-0.25, -0.2) is 13.1 Å². The van der Waals surface area contributed by atoms with Crippen LogP contribution in [0, 0.1) is 6.92 Å². The van der Waals surface area contributed by atoms with Crippen LogP contribution in [0.1, 0.15) is 55.7 Å². The molecule has 21 heavy (non-hydrogen) atoms. The molecule has 0 aliphatic heterocycles. The van der Waals surface area contributed by atoms with Gasteiger partial charge in [0.15, 0.2) is 0 Å². The van der Waals surface area contributed by atoms with Crippen LogP contribution in [0.3, 0.4) is 0 Å². The molecule has 0 aliphatic rings. The highest BCUT2D eigenvalue weighted by Gasteiger charge is 2.21. The minimum absolute atomic E-state index is 0.0149. The summed E-state index contributed by atoms with van der Waals surface area (Å²) in [5.41, 5.74) is 0. The maximum atomic E-state index is 12.4. The quantitative estimate of drug-likeness (QED) is 0.646. The van der Waals surface area contributed by atoms with Gasteiger partial charge < -0.3 is 5.32 Å². The predicted molar refractivity (Wildman–Crippen MR) is 90.4 cm³/mol. The zero-order chi connectivity index (χ0) is 15.9. The summed E-state index contributed by atoms with van der Waals surface area (Å²) >= 11 is 1.54. The van der Waals surface area contributed by atoms with Crippen LogP contribution in [-0.2, 0) is 16.6 Å². The molecule has 0 aromatic carbocycles. The molecule has 1 heterocycles. The first-order valence-corrected chi connectivity index (χ1v) is 9.97. The molecule has 0 bridgehead atoms. The lowest BCUT2D eigenvalue weighted by atomic mass is 10.1. The lowest BCUT2D eigenvalue weighted by molar-refractivity contribution is 0.522. The van der Waals surface area contributed by atoms with Crippen molar-refractivity contribution >= 4 is 21.4 Å². The van der Waals surface area contributed by atoms with Crippen LogP contribution < -0.4 is 10.0 Å². The molecule has 1 aromatic rings. The molecular formula is C15H28N2O2S2. The molecule has 0 saturated carbocycles. The lowest BCUT2D eigenvalue weighted by Gasteiger charge is -2.14. The average Bonchev–Trinajstić information content (AvgIpc) is 2.76. The van der Waals surface area contributed by atoms with Crippen molar-refractivity contribution in [3.63, 3.8) is 0 Å². The summed E-state index contributed by atoms with van der Waals surface area (Å²) < 4.78 is 27.7. The van der Waals surface area contributed by atoms with Crippen molar-refractivity contribution in [3.05, 3.63) is 15.8 Å². The first-order valence-electron chi connectivity index (χ1n) is 7.67. The van der Waals surface area contributed by atoms with Crippen molar-refractivity contribution in [2.45, 2.75) is 70.4 Å². The molecule has 6 heteroatoms. The number of thiophene rings is 1. The molecular weight excluding hydrogens is 304 g/mol. The Morgan fingerprint density at radius 3 is 2.62 bits per heavy atom. The minimum atomic E-state index is -3.40. The van der Waals surface area contributed by atoms with E-state index in [4.69, 9.17) is 0 Å². The average molecular weight is 333 g/mol. The largest absolute Gasteiger partial charge is 0.315 e. The van der Waals surface area contributed by atoms with E-state index >= 15 is 0 Å². The maximum Gasteiger partial charge on any atom is 0.241 e. The lowest BCUT2D eigenvalue weighted by Crippen LogP contribution is -2.32. The van der Waals surface area contributed by atoms with Crippen LogP contribution in [0.15, 0.2) is 11.0 Å². The number of hydrogen-bond donors (Lipinski definition) is 2. The first-order chi connectivity index (χ1) is 9.90. The van der Waals surface area contributed by atoms with E-state index in [9.17, 15) is 8.42 Å². The SMILES string of the molecule is CCCCCCC(C)NS(=O)(=O)c1cc(CNC)sc1C. The Morgan fingerprint density at radius 1 is 1.29 bits per heavy atom. The molecule has 1 rings (SSSR count). The van der Waals surface area contributed by atoms with Gasteiger partial charge in [0.05, 0.1) is 4.90 Å². The molecule has 0 aliphatic carbocycles. The van der Waals surface area contributed by atoms with E-state index in [0.29, 0.717) is 11.4 Å². The van der Waals surface area contributed by atoms with Crippen molar-refractivity contribution in [1.29, 1.82) is 0 Å². The summed E-state index contributed by atoms with van der Waals surface area (Å²) in [5, 5.41) is 3.05. The first kappa shape index (κ1) is 18.6. The van der Waals surface area contributed by atoms with Crippen molar-refractivity contribution in [2.75, 3.05) is 7.05 Å². The highest BCUT2D eigenvalue weighted by molar-refractivity contribution is 7.89. The summed E-state index contributed by atoms with van der Waals surface area (Å²) in [5.74, 6) is 0. The molecule has 0 saturated heterocycles. The number of rotatable bonds is 10. The van der Waals surface area contributed by atoms with E-state index in [1.807, 2.05) is 20.9 Å². The van der Waals surface area contributed by atoms with Crippen molar-refractivity contribution < 1.29 is 8.42 Å². The van der Waals surface area contributed by atoms with Gasteiger partial charge in [-0.15, -0.1) is 11.3 Å². The van der Waals surface area contributed by atoms with Crippen molar-refractivity contribution in [1.82, 2.24) is 10.0 Å². The van der Waals surface area contributed by atoms with Crippen LogP contribution in [0.5, 0.6) is 0 Å². The van der Waals surface area contributed by atoms with E-state index in [2.05, 4.69) is 17.0 Å². The maximum absolute atomic E-state index is 12.4. The molecule has 0 radical (unpaired) electrons. The van der Waals surface area contributed by atoms with Gasteiger partial charge in [-0.2, -0.15) is 0 Å². The number of unbranched alkanes of at least 4 members (excludes halogenated alkanes) is 3. The number of hydrogen-bond acceptors (Lipinski definition) is 4. The Morgan fingerprint density at radius 2 is 2.00 bits per heavy atom. The molecule has 0 spiro atoms. The van der Waals surface area contributed by atoms with E-state index in [1.165, 1.54) is 30.6 Å². The third-order valence-electron chi connectivity index (χ3n) is 3.41.